The number of ether oxygens (including phenoxy) is 1. The van der Waals surface area contributed by atoms with Crippen molar-refractivity contribution < 1.29 is 22.7 Å². The van der Waals surface area contributed by atoms with Crippen LogP contribution in [0.15, 0.2) is 42.5 Å². The first-order valence-electron chi connectivity index (χ1n) is 8.84. The van der Waals surface area contributed by atoms with Crippen molar-refractivity contribution >= 4 is 44.9 Å². The lowest BCUT2D eigenvalue weighted by atomic mass is 10.2. The van der Waals surface area contributed by atoms with Crippen molar-refractivity contribution in [2.75, 3.05) is 29.5 Å². The number of esters is 1. The number of para-hydroxylation sites is 1. The summed E-state index contributed by atoms with van der Waals surface area (Å²) in [4.78, 5) is 23.9. The molecule has 0 saturated heterocycles. The van der Waals surface area contributed by atoms with Crippen LogP contribution in [0.3, 0.4) is 0 Å². The maximum Gasteiger partial charge on any atom is 0.339 e. The Kier molecular flexibility index (Phi) is 7.64. The summed E-state index contributed by atoms with van der Waals surface area (Å²) in [5.74, 6) is -0.908. The van der Waals surface area contributed by atoms with Crippen molar-refractivity contribution in [3.63, 3.8) is 0 Å². The number of carbonyl (C=O) groups excluding carboxylic acids is 2. The van der Waals surface area contributed by atoms with Crippen molar-refractivity contribution in [3.8, 4) is 0 Å². The van der Waals surface area contributed by atoms with Gasteiger partial charge < -0.3 is 10.1 Å². The first kappa shape index (κ1) is 22.7. The third kappa shape index (κ3) is 6.20. The highest BCUT2D eigenvalue weighted by Crippen LogP contribution is 2.23. The molecule has 0 fully saturated rings. The second-order valence-electron chi connectivity index (χ2n) is 6.46. The number of rotatable bonds is 8. The van der Waals surface area contributed by atoms with Crippen molar-refractivity contribution in [1.29, 1.82) is 0 Å². The van der Waals surface area contributed by atoms with Crippen molar-refractivity contribution in [1.82, 2.24) is 0 Å². The van der Waals surface area contributed by atoms with Gasteiger partial charge in [-0.25, -0.2) is 13.2 Å². The van der Waals surface area contributed by atoms with E-state index in [1.54, 1.807) is 18.2 Å². The van der Waals surface area contributed by atoms with Gasteiger partial charge in [-0.05, 0) is 43.2 Å². The zero-order valence-electron chi connectivity index (χ0n) is 16.4. The zero-order valence-corrected chi connectivity index (χ0v) is 18.0. The second kappa shape index (κ2) is 9.76. The minimum absolute atomic E-state index is 0.105. The van der Waals surface area contributed by atoms with E-state index in [0.717, 1.165) is 11.8 Å². The molecule has 0 bridgehead atoms. The summed E-state index contributed by atoms with van der Waals surface area (Å²) in [6.45, 7) is 2.00. The number of halogens is 1. The van der Waals surface area contributed by atoms with Crippen molar-refractivity contribution in [3.05, 3.63) is 58.6 Å². The minimum atomic E-state index is -3.48. The average Bonchev–Trinajstić information content (AvgIpc) is 2.66. The molecule has 29 heavy (non-hydrogen) atoms. The number of benzene rings is 2. The molecule has 7 nitrogen and oxygen atoms in total. The van der Waals surface area contributed by atoms with Gasteiger partial charge in [0.05, 0.1) is 29.6 Å². The molecule has 0 unspecified atom stereocenters. The third-order valence-corrected chi connectivity index (χ3v) is 5.71. The predicted molar refractivity (Wildman–Crippen MR) is 114 cm³/mol. The van der Waals surface area contributed by atoms with Crippen LogP contribution in [0.25, 0.3) is 0 Å². The van der Waals surface area contributed by atoms with Gasteiger partial charge in [-0.2, -0.15) is 0 Å². The molecule has 9 heteroatoms. The van der Waals surface area contributed by atoms with Gasteiger partial charge in [0, 0.05) is 18.7 Å². The van der Waals surface area contributed by atoms with Crippen LogP contribution in [0.4, 0.5) is 11.4 Å². The molecule has 0 aliphatic carbocycles. The zero-order chi connectivity index (χ0) is 21.6. The number of aryl methyl sites for hydroxylation is 1. The van der Waals surface area contributed by atoms with E-state index in [4.69, 9.17) is 11.6 Å². The average molecular weight is 439 g/mol. The maximum absolute atomic E-state index is 12.3. The molecule has 2 aromatic carbocycles. The number of sulfonamides is 1. The van der Waals surface area contributed by atoms with E-state index in [-0.39, 0.29) is 29.5 Å². The fraction of sp³-hybridized carbons (Fsp3) is 0.300. The van der Waals surface area contributed by atoms with Crippen LogP contribution in [0.2, 0.25) is 5.02 Å². The number of amides is 1. The van der Waals surface area contributed by atoms with E-state index < -0.39 is 16.0 Å². The van der Waals surface area contributed by atoms with Gasteiger partial charge in [0.1, 0.15) is 0 Å². The lowest BCUT2D eigenvalue weighted by Crippen LogP contribution is -2.32. The highest BCUT2D eigenvalue weighted by molar-refractivity contribution is 7.92. The van der Waals surface area contributed by atoms with Gasteiger partial charge >= 0.3 is 5.97 Å². The summed E-state index contributed by atoms with van der Waals surface area (Å²) < 4.78 is 30.3. The molecule has 0 aromatic heterocycles. The van der Waals surface area contributed by atoms with Gasteiger partial charge in [-0.3, -0.25) is 9.10 Å². The van der Waals surface area contributed by atoms with Crippen LogP contribution in [-0.2, 0) is 19.6 Å². The van der Waals surface area contributed by atoms with Gasteiger partial charge in [0.15, 0.2) is 0 Å². The van der Waals surface area contributed by atoms with Gasteiger partial charge in [-0.1, -0.05) is 29.8 Å². The third-order valence-electron chi connectivity index (χ3n) is 4.20. The van der Waals surface area contributed by atoms with E-state index in [0.29, 0.717) is 17.8 Å². The Morgan fingerprint density at radius 1 is 1.17 bits per heavy atom. The molecule has 0 heterocycles. The second-order valence-corrected chi connectivity index (χ2v) is 8.77. The van der Waals surface area contributed by atoms with E-state index in [9.17, 15) is 18.0 Å². The van der Waals surface area contributed by atoms with Gasteiger partial charge in [0.25, 0.3) is 0 Å². The fourth-order valence-corrected chi connectivity index (χ4v) is 4.00. The number of nitrogens with one attached hydrogen (secondary N) is 1. The highest BCUT2D eigenvalue weighted by atomic mass is 35.5. The Labute approximate surface area is 175 Å². The first-order valence-corrected chi connectivity index (χ1v) is 11.1. The van der Waals surface area contributed by atoms with Crippen LogP contribution in [0, 0.1) is 6.92 Å². The number of nitrogens with zero attached hydrogens (tertiary/aromatic N) is 1. The minimum Gasteiger partial charge on any atom is -0.465 e. The number of carbonyl (C=O) groups is 2. The molecular formula is C20H23ClN2O5S. The SMILES string of the molecule is COC(=O)c1cc(NC(=O)CCCN(c2ccccc2C)S(C)(=O)=O)ccc1Cl. The molecule has 156 valence electrons. The number of hydrogen-bond acceptors (Lipinski definition) is 5. The lowest BCUT2D eigenvalue weighted by Gasteiger charge is -2.24. The van der Waals surface area contributed by atoms with Crippen molar-refractivity contribution in [2.24, 2.45) is 0 Å². The summed E-state index contributed by atoms with van der Waals surface area (Å²) >= 11 is 5.96. The molecule has 0 aliphatic rings. The topological polar surface area (TPSA) is 92.8 Å². The van der Waals surface area contributed by atoms with E-state index in [2.05, 4.69) is 10.1 Å². The quantitative estimate of drug-likeness (QED) is 0.635. The van der Waals surface area contributed by atoms with E-state index in [1.165, 1.54) is 23.5 Å². The molecule has 1 N–H and O–H groups in total. The van der Waals surface area contributed by atoms with E-state index >= 15 is 0 Å². The van der Waals surface area contributed by atoms with Crippen LogP contribution >= 0.6 is 11.6 Å². The van der Waals surface area contributed by atoms with Gasteiger partial charge in [0.2, 0.25) is 15.9 Å². The monoisotopic (exact) mass is 438 g/mol. The number of methoxy groups -OCH3 is 1. The van der Waals surface area contributed by atoms with Crippen LogP contribution in [0.5, 0.6) is 0 Å². The Morgan fingerprint density at radius 2 is 1.86 bits per heavy atom. The Bertz CT molecular complexity index is 1010. The summed E-state index contributed by atoms with van der Waals surface area (Å²) in [7, 11) is -2.24. The standard InChI is InChI=1S/C20H23ClN2O5S/c1-14-7-4-5-8-18(14)23(29(3,26)27)12-6-9-19(24)22-15-10-11-17(21)16(13-15)20(25)28-2/h4-5,7-8,10-11,13H,6,9,12H2,1-3H3,(H,22,24). The molecule has 0 spiro atoms. The molecule has 0 atom stereocenters. The Balaban J connectivity index is 2.02. The van der Waals surface area contributed by atoms with Crippen LogP contribution in [-0.4, -0.2) is 40.2 Å². The largest absolute Gasteiger partial charge is 0.465 e. The predicted octanol–water partition coefficient (Wildman–Crippen LogP) is 3.62. The van der Waals surface area contributed by atoms with Crippen LogP contribution < -0.4 is 9.62 Å². The normalized spacial score (nSPS) is 11.0. The molecule has 2 rings (SSSR count). The fourth-order valence-electron chi connectivity index (χ4n) is 2.78. The summed E-state index contributed by atoms with van der Waals surface area (Å²) in [5.41, 5.74) is 1.98. The first-order chi connectivity index (χ1) is 13.6. The lowest BCUT2D eigenvalue weighted by molar-refractivity contribution is -0.116. The molecule has 0 saturated carbocycles. The molecule has 0 aliphatic heterocycles. The van der Waals surface area contributed by atoms with Crippen molar-refractivity contribution in [2.45, 2.75) is 19.8 Å². The Morgan fingerprint density at radius 3 is 2.48 bits per heavy atom. The number of anilines is 2. The van der Waals surface area contributed by atoms with Crippen LogP contribution in [0.1, 0.15) is 28.8 Å². The highest BCUT2D eigenvalue weighted by Gasteiger charge is 2.19. The summed E-state index contributed by atoms with van der Waals surface area (Å²) in [6, 6.07) is 11.7. The number of hydrogen-bond donors (Lipinski definition) is 1. The molecule has 2 aromatic rings. The smallest absolute Gasteiger partial charge is 0.339 e. The Hall–Kier alpha value is -2.58. The molecule has 0 radical (unpaired) electrons. The van der Waals surface area contributed by atoms with Gasteiger partial charge in [-0.15, -0.1) is 0 Å². The molecular weight excluding hydrogens is 416 g/mol. The van der Waals surface area contributed by atoms with E-state index in [1.807, 2.05) is 19.1 Å². The molecule has 1 amide bonds. The summed E-state index contributed by atoms with van der Waals surface area (Å²) in [5, 5.41) is 2.90. The summed E-state index contributed by atoms with van der Waals surface area (Å²) in [6.07, 6.45) is 1.57. The maximum atomic E-state index is 12.3.